The molecule has 0 heterocycles. The summed E-state index contributed by atoms with van der Waals surface area (Å²) in [6, 6.07) is 0. The lowest BCUT2D eigenvalue weighted by atomic mass is 9.56. The van der Waals surface area contributed by atoms with Crippen LogP contribution in [0, 0.1) is 0 Å². The lowest BCUT2D eigenvalue weighted by Gasteiger charge is -2.55. The molecule has 0 rings (SSSR count). The first-order valence-corrected chi connectivity index (χ1v) is 10.2. The standard InChI is InChI=1S/C22H28O14/c1-10(24)18(32)20(12(3)26,34-15(6)29)22(14(5)28,36-17(8)31)21(13(4)27,35-16(7)30)19(33,9-23)11(2)25/h23,33H,9H2,1-8H3/t19-,20-,21+,22+/m0/s1. The predicted octanol–water partition coefficient (Wildman–Crippen LogP) is -1.87. The molecule has 0 aromatic carbocycles. The Morgan fingerprint density at radius 1 is 0.556 bits per heavy atom. The predicted molar refractivity (Wildman–Crippen MR) is 114 cm³/mol. The van der Waals surface area contributed by atoms with Crippen LogP contribution in [0.3, 0.4) is 0 Å². The summed E-state index contributed by atoms with van der Waals surface area (Å²) in [5, 5.41) is 21.4. The van der Waals surface area contributed by atoms with Crippen LogP contribution in [0.4, 0.5) is 0 Å². The highest BCUT2D eigenvalue weighted by Gasteiger charge is 2.86. The van der Waals surface area contributed by atoms with Crippen molar-refractivity contribution in [2.75, 3.05) is 6.61 Å². The van der Waals surface area contributed by atoms with Gasteiger partial charge in [0.05, 0.1) is 6.61 Å². The molecule has 36 heavy (non-hydrogen) atoms. The summed E-state index contributed by atoms with van der Waals surface area (Å²) in [5.41, 5.74) is -15.7. The minimum atomic E-state index is -4.05. The lowest BCUT2D eigenvalue weighted by molar-refractivity contribution is -0.278. The fourth-order valence-corrected chi connectivity index (χ4v) is 4.14. The molecule has 0 aliphatic heterocycles. The van der Waals surface area contributed by atoms with Crippen LogP contribution < -0.4 is 0 Å². The molecule has 4 atom stereocenters. The first-order valence-electron chi connectivity index (χ1n) is 10.2. The van der Waals surface area contributed by atoms with Crippen LogP contribution in [0.25, 0.3) is 0 Å². The number of carbonyl (C=O) groups excluding carboxylic acids is 9. The molecule has 0 unspecified atom stereocenters. The lowest BCUT2D eigenvalue weighted by Crippen LogP contribution is -2.88. The Kier molecular flexibility index (Phi) is 9.84. The summed E-state index contributed by atoms with van der Waals surface area (Å²) in [6.45, 7) is 2.54. The minimum absolute atomic E-state index is 0.469. The van der Waals surface area contributed by atoms with Crippen molar-refractivity contribution in [3.63, 3.8) is 0 Å². The van der Waals surface area contributed by atoms with Crippen molar-refractivity contribution in [2.24, 2.45) is 0 Å². The molecule has 0 saturated heterocycles. The zero-order chi connectivity index (χ0) is 29.0. The quantitative estimate of drug-likeness (QED) is 0.118. The van der Waals surface area contributed by atoms with Crippen LogP contribution in [0.15, 0.2) is 0 Å². The molecule has 0 spiro atoms. The number of aliphatic hydroxyl groups excluding tert-OH is 1. The largest absolute Gasteiger partial charge is 0.442 e. The number of esters is 3. The highest BCUT2D eigenvalue weighted by atomic mass is 16.6. The van der Waals surface area contributed by atoms with E-state index in [1.54, 1.807) is 0 Å². The van der Waals surface area contributed by atoms with E-state index in [4.69, 9.17) is 14.2 Å². The summed E-state index contributed by atoms with van der Waals surface area (Å²) >= 11 is 0. The zero-order valence-corrected chi connectivity index (χ0v) is 21.0. The van der Waals surface area contributed by atoms with Gasteiger partial charge in [0.2, 0.25) is 0 Å². The number of aliphatic hydroxyl groups is 2. The molecular formula is C22H28O14. The molecular weight excluding hydrogens is 488 g/mol. The van der Waals surface area contributed by atoms with E-state index in [0.717, 1.165) is 0 Å². The van der Waals surface area contributed by atoms with Crippen LogP contribution in [-0.4, -0.2) is 91.8 Å². The van der Waals surface area contributed by atoms with Gasteiger partial charge in [-0.3, -0.25) is 43.2 Å². The minimum Gasteiger partial charge on any atom is -0.442 e. The van der Waals surface area contributed by atoms with E-state index in [9.17, 15) is 53.4 Å². The smallest absolute Gasteiger partial charge is 0.304 e. The van der Waals surface area contributed by atoms with E-state index in [2.05, 4.69) is 0 Å². The van der Waals surface area contributed by atoms with Crippen LogP contribution in [0.5, 0.6) is 0 Å². The van der Waals surface area contributed by atoms with Crippen molar-refractivity contribution in [2.45, 2.75) is 77.8 Å². The second-order valence-electron chi connectivity index (χ2n) is 7.95. The SMILES string of the molecule is CC(=O)O[C@@](C(C)=O)(C(=O)C(C)=O)[C@](OC(C)=O)(C(C)=O)[C@@](OC(C)=O)(C(C)=O)[C@](O)(CO)C(C)=O. The van der Waals surface area contributed by atoms with Crippen LogP contribution in [-0.2, 0) is 57.4 Å². The Morgan fingerprint density at radius 2 is 0.917 bits per heavy atom. The molecule has 0 bridgehead atoms. The highest BCUT2D eigenvalue weighted by Crippen LogP contribution is 2.50. The monoisotopic (exact) mass is 516 g/mol. The van der Waals surface area contributed by atoms with E-state index in [-0.39, 0.29) is 0 Å². The molecule has 0 fully saturated rings. The summed E-state index contributed by atoms with van der Waals surface area (Å²) in [5.74, 6) is -15.1. The fourth-order valence-electron chi connectivity index (χ4n) is 4.14. The number of ether oxygens (including phenoxy) is 3. The van der Waals surface area contributed by atoms with Crippen LogP contribution >= 0.6 is 0 Å². The van der Waals surface area contributed by atoms with Crippen molar-refractivity contribution in [3.8, 4) is 0 Å². The first-order chi connectivity index (χ1) is 16.2. The van der Waals surface area contributed by atoms with Crippen molar-refractivity contribution in [3.05, 3.63) is 0 Å². The molecule has 0 radical (unpaired) electrons. The molecule has 0 saturated carbocycles. The number of rotatable bonds is 13. The van der Waals surface area contributed by atoms with E-state index in [0.29, 0.717) is 55.4 Å². The molecule has 14 heteroatoms. The van der Waals surface area contributed by atoms with Gasteiger partial charge in [0.15, 0.2) is 34.5 Å². The average molecular weight is 516 g/mol. The Bertz CT molecular complexity index is 1040. The fraction of sp³-hybridized carbons (Fsp3) is 0.591. The average Bonchev–Trinajstić information content (AvgIpc) is 2.71. The number of Topliss-reactive ketones (excluding diaryl/α,β-unsaturated/α-hetero) is 6. The van der Waals surface area contributed by atoms with Crippen molar-refractivity contribution in [1.29, 1.82) is 0 Å². The highest BCUT2D eigenvalue weighted by molar-refractivity contribution is 6.46. The van der Waals surface area contributed by atoms with Crippen LogP contribution in [0.1, 0.15) is 55.4 Å². The van der Waals surface area contributed by atoms with Gasteiger partial charge >= 0.3 is 17.9 Å². The summed E-state index contributed by atoms with van der Waals surface area (Å²) in [6.07, 6.45) is 0. The Balaban J connectivity index is 9.07. The maximum atomic E-state index is 13.4. The van der Waals surface area contributed by atoms with Gasteiger partial charge < -0.3 is 24.4 Å². The Hall–Kier alpha value is -3.65. The number of hydrogen-bond acceptors (Lipinski definition) is 14. The first kappa shape index (κ1) is 32.4. The third-order valence-corrected chi connectivity index (χ3v) is 5.40. The van der Waals surface area contributed by atoms with E-state index < -0.39 is 81.6 Å². The van der Waals surface area contributed by atoms with Gasteiger partial charge in [-0.15, -0.1) is 0 Å². The van der Waals surface area contributed by atoms with Gasteiger partial charge in [-0.1, -0.05) is 0 Å². The summed E-state index contributed by atoms with van der Waals surface area (Å²) in [7, 11) is 0. The van der Waals surface area contributed by atoms with Gasteiger partial charge in [0.25, 0.3) is 22.6 Å². The number of ketones is 6. The van der Waals surface area contributed by atoms with Crippen molar-refractivity contribution in [1.82, 2.24) is 0 Å². The molecule has 0 aromatic rings. The molecule has 200 valence electrons. The third-order valence-electron chi connectivity index (χ3n) is 5.40. The Labute approximate surface area is 205 Å². The third kappa shape index (κ3) is 4.60. The topological polar surface area (TPSA) is 222 Å². The van der Waals surface area contributed by atoms with E-state index in [1.807, 2.05) is 0 Å². The molecule has 0 aromatic heterocycles. The van der Waals surface area contributed by atoms with Crippen molar-refractivity contribution < 1.29 is 67.6 Å². The molecule has 0 aliphatic rings. The van der Waals surface area contributed by atoms with Gasteiger partial charge in [0, 0.05) is 27.7 Å². The van der Waals surface area contributed by atoms with Gasteiger partial charge in [-0.25, -0.2) is 0 Å². The number of carbonyl (C=O) groups is 9. The summed E-state index contributed by atoms with van der Waals surface area (Å²) in [4.78, 5) is 115. The van der Waals surface area contributed by atoms with Crippen molar-refractivity contribution >= 4 is 52.6 Å². The maximum absolute atomic E-state index is 13.4. The zero-order valence-electron chi connectivity index (χ0n) is 21.0. The second-order valence-corrected chi connectivity index (χ2v) is 7.95. The number of hydrogen-bond donors (Lipinski definition) is 2. The Morgan fingerprint density at radius 3 is 1.14 bits per heavy atom. The maximum Gasteiger partial charge on any atom is 0.304 e. The molecule has 0 amide bonds. The van der Waals surface area contributed by atoms with Gasteiger partial charge in [-0.2, -0.15) is 0 Å². The normalized spacial score (nSPS) is 17.5. The van der Waals surface area contributed by atoms with Gasteiger partial charge in [-0.05, 0) is 27.7 Å². The van der Waals surface area contributed by atoms with Crippen LogP contribution in [0.2, 0.25) is 0 Å². The molecule has 2 N–H and O–H groups in total. The van der Waals surface area contributed by atoms with Gasteiger partial charge in [0.1, 0.15) is 0 Å². The summed E-state index contributed by atoms with van der Waals surface area (Å²) < 4.78 is 14.9. The molecule has 0 aliphatic carbocycles. The van der Waals surface area contributed by atoms with E-state index >= 15 is 0 Å². The second kappa shape index (κ2) is 11.0. The molecule has 14 nitrogen and oxygen atoms in total. The van der Waals surface area contributed by atoms with E-state index in [1.165, 1.54) is 0 Å².